The lowest BCUT2D eigenvalue weighted by atomic mass is 10.2. The molecule has 0 fully saturated rings. The zero-order valence-corrected chi connectivity index (χ0v) is 21.3. The maximum Gasteiger partial charge on any atom is 0.231 e. The van der Waals surface area contributed by atoms with Crippen LogP contribution in [0.15, 0.2) is 71.9 Å². The van der Waals surface area contributed by atoms with Crippen LogP contribution in [0, 0.1) is 0 Å². The van der Waals surface area contributed by atoms with Gasteiger partial charge in [-0.2, -0.15) is 0 Å². The normalized spacial score (nSPS) is 11.8. The molecule has 1 aliphatic heterocycles. The van der Waals surface area contributed by atoms with Crippen molar-refractivity contribution in [3.8, 4) is 34.4 Å². The van der Waals surface area contributed by atoms with Crippen molar-refractivity contribution in [2.45, 2.75) is 18.2 Å². The highest BCUT2D eigenvalue weighted by Gasteiger charge is 2.18. The van der Waals surface area contributed by atoms with Gasteiger partial charge in [-0.1, -0.05) is 54.2 Å². The topological polar surface area (TPSA) is 96.7 Å². The second kappa shape index (κ2) is 11.3. The Morgan fingerprint density at radius 3 is 2.54 bits per heavy atom. The van der Waals surface area contributed by atoms with Crippen LogP contribution in [0.1, 0.15) is 11.1 Å². The van der Waals surface area contributed by atoms with Gasteiger partial charge in [-0.05, 0) is 35.4 Å². The number of hydrogen-bond acceptors (Lipinski definition) is 8. The van der Waals surface area contributed by atoms with Crippen LogP contribution in [-0.4, -0.2) is 47.4 Å². The van der Waals surface area contributed by atoms with Crippen molar-refractivity contribution >= 4 is 17.7 Å². The van der Waals surface area contributed by atoms with E-state index in [1.54, 1.807) is 14.2 Å². The summed E-state index contributed by atoms with van der Waals surface area (Å²) in [5.74, 6) is 3.52. The van der Waals surface area contributed by atoms with Crippen LogP contribution in [0.25, 0.3) is 11.4 Å². The number of nitrogens with zero attached hydrogens (tertiary/aromatic N) is 3. The van der Waals surface area contributed by atoms with Crippen molar-refractivity contribution < 1.29 is 23.7 Å². The molecule has 0 bridgehead atoms. The number of carbonyl (C=O) groups is 1. The van der Waals surface area contributed by atoms with Gasteiger partial charge in [0.05, 0.1) is 26.5 Å². The Morgan fingerprint density at radius 2 is 1.73 bits per heavy atom. The van der Waals surface area contributed by atoms with Crippen molar-refractivity contribution in [1.82, 2.24) is 20.1 Å². The van der Waals surface area contributed by atoms with E-state index in [1.807, 2.05) is 71.3 Å². The van der Waals surface area contributed by atoms with Gasteiger partial charge in [0.1, 0.15) is 0 Å². The van der Waals surface area contributed by atoms with Crippen LogP contribution in [-0.2, 0) is 17.9 Å². The minimum atomic E-state index is -0.112. The summed E-state index contributed by atoms with van der Waals surface area (Å²) in [5, 5.41) is 12.4. The lowest BCUT2D eigenvalue weighted by Crippen LogP contribution is -2.24. The lowest BCUT2D eigenvalue weighted by Gasteiger charge is -2.12. The molecule has 10 heteroatoms. The molecule has 5 rings (SSSR count). The van der Waals surface area contributed by atoms with Gasteiger partial charge in [0.2, 0.25) is 12.7 Å². The molecule has 9 nitrogen and oxygen atoms in total. The molecule has 190 valence electrons. The molecule has 0 aliphatic carbocycles. The predicted molar refractivity (Wildman–Crippen MR) is 139 cm³/mol. The minimum absolute atomic E-state index is 0.112. The largest absolute Gasteiger partial charge is 0.493 e. The molecule has 0 saturated heterocycles. The highest BCUT2D eigenvalue weighted by atomic mass is 32.2. The van der Waals surface area contributed by atoms with Gasteiger partial charge in [-0.3, -0.25) is 9.36 Å². The zero-order chi connectivity index (χ0) is 25.6. The van der Waals surface area contributed by atoms with E-state index in [2.05, 4.69) is 15.5 Å². The fourth-order valence-corrected chi connectivity index (χ4v) is 4.70. The van der Waals surface area contributed by atoms with Crippen molar-refractivity contribution in [2.75, 3.05) is 26.8 Å². The molecule has 0 unspecified atom stereocenters. The standard InChI is InChI=1S/C27H26N4O5S/c1-33-21-10-8-18(12-23(21)34-2)14-28-25(32)16-37-27-30-29-26(20-6-4-3-5-7-20)31(27)15-19-9-11-22-24(13-19)36-17-35-22/h3-13H,14-17H2,1-2H3,(H,28,32). The Hall–Kier alpha value is -4.18. The molecule has 0 saturated carbocycles. The quantitative estimate of drug-likeness (QED) is 0.313. The fraction of sp³-hybridized carbons (Fsp3) is 0.222. The first-order chi connectivity index (χ1) is 18.1. The van der Waals surface area contributed by atoms with Crippen molar-refractivity contribution in [3.63, 3.8) is 0 Å². The van der Waals surface area contributed by atoms with Gasteiger partial charge in [0, 0.05) is 12.1 Å². The number of hydrogen-bond donors (Lipinski definition) is 1. The summed E-state index contributed by atoms with van der Waals surface area (Å²) in [6, 6.07) is 21.3. The third-order valence-corrected chi connectivity index (χ3v) is 6.76. The van der Waals surface area contributed by atoms with Gasteiger partial charge in [-0.25, -0.2) is 0 Å². The van der Waals surface area contributed by atoms with Gasteiger partial charge >= 0.3 is 0 Å². The van der Waals surface area contributed by atoms with E-state index in [9.17, 15) is 4.79 Å². The lowest BCUT2D eigenvalue weighted by molar-refractivity contribution is -0.118. The second-order valence-corrected chi connectivity index (χ2v) is 9.14. The number of ether oxygens (including phenoxy) is 4. The van der Waals surface area contributed by atoms with E-state index in [-0.39, 0.29) is 18.5 Å². The number of amides is 1. The van der Waals surface area contributed by atoms with Gasteiger partial charge < -0.3 is 24.3 Å². The summed E-state index contributed by atoms with van der Waals surface area (Å²) < 4.78 is 23.6. The molecule has 37 heavy (non-hydrogen) atoms. The fourth-order valence-electron chi connectivity index (χ4n) is 3.93. The van der Waals surface area contributed by atoms with E-state index in [4.69, 9.17) is 18.9 Å². The number of carbonyl (C=O) groups excluding carboxylic acids is 1. The van der Waals surface area contributed by atoms with E-state index in [0.717, 1.165) is 34.0 Å². The maximum absolute atomic E-state index is 12.7. The van der Waals surface area contributed by atoms with Crippen LogP contribution in [0.2, 0.25) is 0 Å². The summed E-state index contributed by atoms with van der Waals surface area (Å²) in [4.78, 5) is 12.7. The van der Waals surface area contributed by atoms with Crippen molar-refractivity contribution in [2.24, 2.45) is 0 Å². The second-order valence-electron chi connectivity index (χ2n) is 8.20. The van der Waals surface area contributed by atoms with Crippen molar-refractivity contribution in [3.05, 3.63) is 77.9 Å². The highest BCUT2D eigenvalue weighted by Crippen LogP contribution is 2.34. The molecule has 3 aromatic carbocycles. The maximum atomic E-state index is 12.7. The molecule has 1 amide bonds. The Balaban J connectivity index is 1.29. The Morgan fingerprint density at radius 1 is 0.946 bits per heavy atom. The SMILES string of the molecule is COc1ccc(CNC(=O)CSc2nnc(-c3ccccc3)n2Cc2ccc3c(c2)OCO3)cc1OC. The molecule has 0 radical (unpaired) electrons. The number of benzene rings is 3. The van der Waals surface area contributed by atoms with E-state index < -0.39 is 0 Å². The Bertz CT molecular complexity index is 1390. The molecule has 0 atom stereocenters. The Kier molecular flexibility index (Phi) is 7.46. The third-order valence-electron chi connectivity index (χ3n) is 5.80. The molecule has 1 N–H and O–H groups in total. The monoisotopic (exact) mass is 518 g/mol. The molecule has 1 aliphatic rings. The third kappa shape index (κ3) is 5.64. The van der Waals surface area contributed by atoms with E-state index >= 15 is 0 Å². The van der Waals surface area contributed by atoms with Crippen LogP contribution in [0.4, 0.5) is 0 Å². The number of nitrogens with one attached hydrogen (secondary N) is 1. The Labute approximate surface area is 218 Å². The molecule has 2 heterocycles. The minimum Gasteiger partial charge on any atom is -0.493 e. The number of thioether (sulfide) groups is 1. The average Bonchev–Trinajstić information content (AvgIpc) is 3.57. The van der Waals surface area contributed by atoms with Crippen LogP contribution in [0.5, 0.6) is 23.0 Å². The first-order valence-electron chi connectivity index (χ1n) is 11.6. The summed E-state index contributed by atoms with van der Waals surface area (Å²) in [5.41, 5.74) is 2.87. The average molecular weight is 519 g/mol. The number of aromatic nitrogens is 3. The predicted octanol–water partition coefficient (Wildman–Crippen LogP) is 4.15. The summed E-state index contributed by atoms with van der Waals surface area (Å²) in [6.45, 7) is 1.11. The molecule has 1 aromatic heterocycles. The van der Waals surface area contributed by atoms with E-state index in [1.165, 1.54) is 11.8 Å². The van der Waals surface area contributed by atoms with Gasteiger partial charge in [0.15, 0.2) is 34.0 Å². The zero-order valence-electron chi connectivity index (χ0n) is 20.5. The highest BCUT2D eigenvalue weighted by molar-refractivity contribution is 7.99. The van der Waals surface area contributed by atoms with Crippen LogP contribution >= 0.6 is 11.8 Å². The number of methoxy groups -OCH3 is 2. The number of fused-ring (bicyclic) bond motifs is 1. The number of rotatable bonds is 10. The summed E-state index contributed by atoms with van der Waals surface area (Å²) in [6.07, 6.45) is 0. The van der Waals surface area contributed by atoms with Crippen LogP contribution in [0.3, 0.4) is 0 Å². The van der Waals surface area contributed by atoms with E-state index in [0.29, 0.717) is 29.7 Å². The van der Waals surface area contributed by atoms with Gasteiger partial charge in [0.25, 0.3) is 0 Å². The van der Waals surface area contributed by atoms with Crippen molar-refractivity contribution in [1.29, 1.82) is 0 Å². The smallest absolute Gasteiger partial charge is 0.231 e. The summed E-state index contributed by atoms with van der Waals surface area (Å²) in [7, 11) is 3.17. The first kappa shape index (κ1) is 24.5. The van der Waals surface area contributed by atoms with Gasteiger partial charge in [-0.15, -0.1) is 10.2 Å². The van der Waals surface area contributed by atoms with Crippen LogP contribution < -0.4 is 24.3 Å². The molecule has 4 aromatic rings. The summed E-state index contributed by atoms with van der Waals surface area (Å²) >= 11 is 1.34. The molecule has 0 spiro atoms. The molecular weight excluding hydrogens is 492 g/mol. The molecular formula is C27H26N4O5S. The first-order valence-corrected chi connectivity index (χ1v) is 12.6.